The van der Waals surface area contributed by atoms with Gasteiger partial charge in [-0.2, -0.15) is 0 Å². The molecule has 4 N–H and O–H groups in total. The fourth-order valence-corrected chi connectivity index (χ4v) is 2.98. The first-order chi connectivity index (χ1) is 12.7. The smallest absolute Gasteiger partial charge is 0.169 e. The summed E-state index contributed by atoms with van der Waals surface area (Å²) in [6, 6.07) is 9.91. The first-order valence-electron chi connectivity index (χ1n) is 8.62. The van der Waals surface area contributed by atoms with Gasteiger partial charge in [-0.25, -0.2) is 15.0 Å². The number of hydrazine groups is 1. The summed E-state index contributed by atoms with van der Waals surface area (Å²) < 4.78 is 0. The highest BCUT2D eigenvalue weighted by Gasteiger charge is 2.16. The Morgan fingerprint density at radius 3 is 2.58 bits per heavy atom. The highest BCUT2D eigenvalue weighted by Crippen LogP contribution is 2.29. The van der Waals surface area contributed by atoms with E-state index in [-0.39, 0.29) is 0 Å². The molecule has 1 saturated heterocycles. The van der Waals surface area contributed by atoms with E-state index in [0.29, 0.717) is 17.3 Å². The number of nitrogens with one attached hydrogen (secondary N) is 2. The number of aromatic nitrogens is 3. The minimum absolute atomic E-state index is 0.486. The lowest BCUT2D eigenvalue weighted by atomic mass is 10.2. The number of nitrogens with zero attached hydrogens (tertiary/aromatic N) is 5. The van der Waals surface area contributed by atoms with Crippen LogP contribution in [0.15, 0.2) is 42.9 Å². The zero-order valence-corrected chi connectivity index (χ0v) is 14.7. The molecule has 0 aliphatic carbocycles. The van der Waals surface area contributed by atoms with Crippen LogP contribution in [0.3, 0.4) is 0 Å². The maximum absolute atomic E-state index is 6.31. The number of pyridine rings is 1. The SMILES string of the molecule is CN1CCN(Nc2ncnc(Nc3cccc4cccnc34)c2N)CC1. The summed E-state index contributed by atoms with van der Waals surface area (Å²) in [7, 11) is 2.12. The number of benzene rings is 1. The van der Waals surface area contributed by atoms with Gasteiger partial charge in [-0.1, -0.05) is 18.2 Å². The quantitative estimate of drug-likeness (QED) is 0.657. The number of nitrogens with two attached hydrogens (primary N) is 1. The summed E-state index contributed by atoms with van der Waals surface area (Å²) >= 11 is 0. The van der Waals surface area contributed by atoms with Crippen molar-refractivity contribution in [1.29, 1.82) is 0 Å². The summed E-state index contributed by atoms with van der Waals surface area (Å²) in [5, 5.41) is 6.48. The van der Waals surface area contributed by atoms with Gasteiger partial charge in [0.25, 0.3) is 0 Å². The molecule has 3 heterocycles. The van der Waals surface area contributed by atoms with Gasteiger partial charge in [0, 0.05) is 37.8 Å². The van der Waals surface area contributed by atoms with Crippen molar-refractivity contribution in [3.63, 3.8) is 0 Å². The molecule has 0 atom stereocenters. The van der Waals surface area contributed by atoms with Crippen LogP contribution in [0, 0.1) is 0 Å². The molecular formula is C18H22N8. The van der Waals surface area contributed by atoms with Crippen molar-refractivity contribution in [2.75, 3.05) is 49.7 Å². The van der Waals surface area contributed by atoms with Crippen molar-refractivity contribution in [2.24, 2.45) is 0 Å². The fourth-order valence-electron chi connectivity index (χ4n) is 2.98. The Hall–Kier alpha value is -2.97. The second kappa shape index (κ2) is 7.11. The first kappa shape index (κ1) is 16.5. The summed E-state index contributed by atoms with van der Waals surface area (Å²) in [6.45, 7) is 3.83. The molecule has 1 fully saturated rings. The molecule has 2 aromatic heterocycles. The van der Waals surface area contributed by atoms with Crippen LogP contribution in [0.5, 0.6) is 0 Å². The molecule has 0 spiro atoms. The van der Waals surface area contributed by atoms with Crippen molar-refractivity contribution >= 4 is 33.9 Å². The van der Waals surface area contributed by atoms with Gasteiger partial charge in [0.1, 0.15) is 12.0 Å². The zero-order valence-electron chi connectivity index (χ0n) is 14.7. The van der Waals surface area contributed by atoms with E-state index in [1.807, 2.05) is 30.3 Å². The molecule has 0 bridgehead atoms. The number of nitrogen functional groups attached to an aromatic ring is 1. The molecule has 8 heteroatoms. The Labute approximate surface area is 152 Å². The van der Waals surface area contributed by atoms with Crippen LogP contribution in [0.1, 0.15) is 0 Å². The van der Waals surface area contributed by atoms with E-state index in [1.54, 1.807) is 6.20 Å². The number of likely N-dealkylation sites (N-methyl/N-ethyl adjacent to an activating group) is 1. The Balaban J connectivity index is 1.57. The molecule has 8 nitrogen and oxygen atoms in total. The molecule has 0 unspecified atom stereocenters. The van der Waals surface area contributed by atoms with Crippen LogP contribution in [-0.2, 0) is 0 Å². The minimum Gasteiger partial charge on any atom is -0.393 e. The van der Waals surface area contributed by atoms with E-state index in [9.17, 15) is 0 Å². The topological polar surface area (TPSA) is 95.2 Å². The van der Waals surface area contributed by atoms with Crippen molar-refractivity contribution < 1.29 is 0 Å². The molecule has 3 aromatic rings. The molecule has 134 valence electrons. The third-order valence-electron chi connectivity index (χ3n) is 4.54. The molecule has 26 heavy (non-hydrogen) atoms. The number of fused-ring (bicyclic) bond motifs is 1. The lowest BCUT2D eigenvalue weighted by molar-refractivity contribution is 0.178. The van der Waals surface area contributed by atoms with Crippen LogP contribution >= 0.6 is 0 Å². The Kier molecular flexibility index (Phi) is 4.51. The molecular weight excluding hydrogens is 328 g/mol. The maximum atomic E-state index is 6.31. The van der Waals surface area contributed by atoms with Crippen molar-refractivity contribution in [2.45, 2.75) is 0 Å². The molecule has 4 rings (SSSR count). The summed E-state index contributed by atoms with van der Waals surface area (Å²) in [5.74, 6) is 1.18. The molecule has 0 saturated carbocycles. The second-order valence-corrected chi connectivity index (χ2v) is 6.39. The van der Waals surface area contributed by atoms with E-state index >= 15 is 0 Å². The van der Waals surface area contributed by atoms with Gasteiger partial charge in [0.2, 0.25) is 0 Å². The lowest BCUT2D eigenvalue weighted by Crippen LogP contribution is -2.47. The predicted octanol–water partition coefficient (Wildman–Crippen LogP) is 1.92. The van der Waals surface area contributed by atoms with Gasteiger partial charge in [0.15, 0.2) is 11.6 Å². The van der Waals surface area contributed by atoms with Gasteiger partial charge in [-0.15, -0.1) is 0 Å². The Bertz CT molecular complexity index is 899. The van der Waals surface area contributed by atoms with Crippen molar-refractivity contribution in [3.8, 4) is 0 Å². The first-order valence-corrected chi connectivity index (χ1v) is 8.62. The van der Waals surface area contributed by atoms with E-state index in [1.165, 1.54) is 6.33 Å². The predicted molar refractivity (Wildman–Crippen MR) is 104 cm³/mol. The van der Waals surface area contributed by atoms with Crippen LogP contribution in [-0.4, -0.2) is 58.1 Å². The van der Waals surface area contributed by atoms with E-state index < -0.39 is 0 Å². The maximum Gasteiger partial charge on any atom is 0.169 e. The molecule has 1 aliphatic heterocycles. The lowest BCUT2D eigenvalue weighted by Gasteiger charge is -2.32. The summed E-state index contributed by atoms with van der Waals surface area (Å²) in [5.41, 5.74) is 11.8. The largest absolute Gasteiger partial charge is 0.393 e. The van der Waals surface area contributed by atoms with E-state index in [0.717, 1.165) is 42.8 Å². The average Bonchev–Trinajstić information content (AvgIpc) is 2.67. The van der Waals surface area contributed by atoms with Gasteiger partial charge >= 0.3 is 0 Å². The van der Waals surface area contributed by atoms with Gasteiger partial charge in [-0.3, -0.25) is 4.98 Å². The second-order valence-electron chi connectivity index (χ2n) is 6.39. The van der Waals surface area contributed by atoms with Gasteiger partial charge in [-0.05, 0) is 19.2 Å². The van der Waals surface area contributed by atoms with Crippen LogP contribution in [0.2, 0.25) is 0 Å². The number of anilines is 4. The third kappa shape index (κ3) is 3.37. The van der Waals surface area contributed by atoms with E-state index in [2.05, 4.69) is 42.7 Å². The van der Waals surface area contributed by atoms with Gasteiger partial charge < -0.3 is 21.4 Å². The van der Waals surface area contributed by atoms with Crippen LogP contribution in [0.25, 0.3) is 10.9 Å². The molecule has 0 amide bonds. The van der Waals surface area contributed by atoms with Crippen LogP contribution in [0.4, 0.5) is 23.0 Å². The van der Waals surface area contributed by atoms with Crippen molar-refractivity contribution in [1.82, 2.24) is 24.9 Å². The molecule has 1 aromatic carbocycles. The van der Waals surface area contributed by atoms with Gasteiger partial charge in [0.05, 0.1) is 11.2 Å². The number of para-hydroxylation sites is 1. The fraction of sp³-hybridized carbons (Fsp3) is 0.278. The molecule has 0 radical (unpaired) electrons. The summed E-state index contributed by atoms with van der Waals surface area (Å²) in [6.07, 6.45) is 3.28. The summed E-state index contributed by atoms with van der Waals surface area (Å²) in [4.78, 5) is 15.4. The number of rotatable bonds is 4. The van der Waals surface area contributed by atoms with Crippen molar-refractivity contribution in [3.05, 3.63) is 42.9 Å². The normalized spacial score (nSPS) is 15.9. The Morgan fingerprint density at radius 2 is 1.73 bits per heavy atom. The number of piperazine rings is 1. The average molecular weight is 350 g/mol. The highest BCUT2D eigenvalue weighted by molar-refractivity contribution is 5.93. The monoisotopic (exact) mass is 350 g/mol. The number of hydrogen-bond donors (Lipinski definition) is 3. The van der Waals surface area contributed by atoms with Crippen LogP contribution < -0.4 is 16.5 Å². The zero-order chi connectivity index (χ0) is 17.9. The standard InChI is InChI=1S/C18H22N8/c1-25-8-10-26(11-9-25)24-18-15(19)17(21-12-22-18)23-14-6-2-4-13-5-3-7-20-16(13)14/h2-7,12H,8-11,19H2,1H3,(H2,21,22,23,24). The number of hydrogen-bond acceptors (Lipinski definition) is 8. The third-order valence-corrected chi connectivity index (χ3v) is 4.54. The minimum atomic E-state index is 0.486. The highest BCUT2D eigenvalue weighted by atomic mass is 15.5. The molecule has 1 aliphatic rings. The van der Waals surface area contributed by atoms with E-state index in [4.69, 9.17) is 5.73 Å². The Morgan fingerprint density at radius 1 is 0.962 bits per heavy atom.